The normalized spacial score (nSPS) is 11.6. The van der Waals surface area contributed by atoms with Crippen LogP contribution < -0.4 is 4.72 Å². The molecule has 0 atom stereocenters. The Morgan fingerprint density at radius 2 is 1.89 bits per heavy atom. The van der Waals surface area contributed by atoms with E-state index in [1.54, 1.807) is 11.3 Å². The van der Waals surface area contributed by atoms with Crippen molar-refractivity contribution in [1.82, 2.24) is 4.72 Å². The Hall–Kier alpha value is -1.37. The van der Waals surface area contributed by atoms with Gasteiger partial charge in [0.2, 0.25) is 10.0 Å². The van der Waals surface area contributed by atoms with Crippen LogP contribution in [-0.4, -0.2) is 13.5 Å². The summed E-state index contributed by atoms with van der Waals surface area (Å²) in [6, 6.07) is 5.45. The number of thiophene rings is 1. The summed E-state index contributed by atoms with van der Waals surface area (Å²) in [7, 11) is -3.53. The maximum atomic E-state index is 12.0. The van der Waals surface area contributed by atoms with Crippen molar-refractivity contribution in [2.24, 2.45) is 0 Å². The molecule has 18 heavy (non-hydrogen) atoms. The second-order valence-corrected chi connectivity index (χ2v) is 6.41. The van der Waals surface area contributed by atoms with E-state index in [9.17, 15) is 8.42 Å². The van der Waals surface area contributed by atoms with Crippen molar-refractivity contribution in [3.05, 3.63) is 46.2 Å². The van der Waals surface area contributed by atoms with Gasteiger partial charge in [-0.3, -0.25) is 0 Å². The van der Waals surface area contributed by atoms with Gasteiger partial charge in [-0.25, -0.2) is 13.1 Å². The van der Waals surface area contributed by atoms with E-state index in [2.05, 4.69) is 4.72 Å². The molecule has 1 heterocycles. The van der Waals surface area contributed by atoms with Gasteiger partial charge in [-0.2, -0.15) is 11.3 Å². The number of benzene rings is 1. The topological polar surface area (TPSA) is 66.4 Å². The number of phenols is 1. The van der Waals surface area contributed by atoms with Gasteiger partial charge in [0, 0.05) is 6.54 Å². The van der Waals surface area contributed by atoms with Crippen LogP contribution in [0.3, 0.4) is 0 Å². The number of hydrogen-bond donors (Lipinski definition) is 2. The summed E-state index contributed by atoms with van der Waals surface area (Å²) in [5.74, 6) is 0.0441. The highest BCUT2D eigenvalue weighted by molar-refractivity contribution is 7.89. The molecule has 0 spiro atoms. The van der Waals surface area contributed by atoms with Crippen LogP contribution in [0.5, 0.6) is 5.75 Å². The van der Waals surface area contributed by atoms with Crippen LogP contribution in [0.15, 0.2) is 39.9 Å². The third kappa shape index (κ3) is 2.90. The minimum atomic E-state index is -3.53. The van der Waals surface area contributed by atoms with E-state index in [1.807, 2.05) is 17.7 Å². The van der Waals surface area contributed by atoms with Crippen LogP contribution in [0.1, 0.15) is 11.1 Å². The molecule has 0 bridgehead atoms. The van der Waals surface area contributed by atoms with Crippen LogP contribution in [0.4, 0.5) is 0 Å². The largest absolute Gasteiger partial charge is 0.508 e. The minimum Gasteiger partial charge on any atom is -0.508 e. The fourth-order valence-electron chi connectivity index (χ4n) is 1.45. The van der Waals surface area contributed by atoms with Gasteiger partial charge >= 0.3 is 0 Å². The van der Waals surface area contributed by atoms with E-state index >= 15 is 0 Å². The van der Waals surface area contributed by atoms with Gasteiger partial charge in [0.05, 0.1) is 4.90 Å². The molecule has 2 rings (SSSR count). The lowest BCUT2D eigenvalue weighted by molar-refractivity contribution is 0.474. The number of hydrogen-bond acceptors (Lipinski definition) is 4. The van der Waals surface area contributed by atoms with Crippen molar-refractivity contribution < 1.29 is 13.5 Å². The quantitative estimate of drug-likeness (QED) is 0.904. The predicted molar refractivity (Wildman–Crippen MR) is 71.2 cm³/mol. The van der Waals surface area contributed by atoms with Gasteiger partial charge in [0.1, 0.15) is 5.75 Å². The fourth-order valence-corrected chi connectivity index (χ4v) is 3.31. The minimum absolute atomic E-state index is 0.0441. The van der Waals surface area contributed by atoms with Gasteiger partial charge in [-0.1, -0.05) is 0 Å². The first-order valence-corrected chi connectivity index (χ1v) is 7.72. The fraction of sp³-hybridized carbons (Fsp3) is 0.167. The van der Waals surface area contributed by atoms with Crippen molar-refractivity contribution >= 4 is 21.4 Å². The Morgan fingerprint density at radius 3 is 2.44 bits per heavy atom. The lowest BCUT2D eigenvalue weighted by Gasteiger charge is -2.06. The van der Waals surface area contributed by atoms with Gasteiger partial charge in [0.15, 0.2) is 0 Å². The molecule has 0 aliphatic heterocycles. The zero-order chi connectivity index (χ0) is 13.2. The molecule has 0 unspecified atom stereocenters. The van der Waals surface area contributed by atoms with E-state index in [0.717, 1.165) is 11.1 Å². The Morgan fingerprint density at radius 1 is 1.22 bits per heavy atom. The summed E-state index contributed by atoms with van der Waals surface area (Å²) in [6.07, 6.45) is 0. The van der Waals surface area contributed by atoms with Crippen molar-refractivity contribution in [3.8, 4) is 5.75 Å². The lowest BCUT2D eigenvalue weighted by atomic mass is 10.2. The molecule has 2 N–H and O–H groups in total. The van der Waals surface area contributed by atoms with Gasteiger partial charge < -0.3 is 5.11 Å². The summed E-state index contributed by atoms with van der Waals surface area (Å²) >= 11 is 1.55. The molecule has 2 aromatic rings. The number of nitrogens with one attached hydrogen (secondary N) is 1. The summed E-state index contributed by atoms with van der Waals surface area (Å²) < 4.78 is 26.5. The third-order valence-electron chi connectivity index (χ3n) is 2.56. The highest BCUT2D eigenvalue weighted by Gasteiger charge is 2.14. The first-order valence-electron chi connectivity index (χ1n) is 5.29. The third-order valence-corrected chi connectivity index (χ3v) is 4.89. The molecule has 0 amide bonds. The van der Waals surface area contributed by atoms with Crippen molar-refractivity contribution in [3.63, 3.8) is 0 Å². The Bertz CT molecular complexity index is 630. The molecular formula is C12H13NO3S2. The summed E-state index contributed by atoms with van der Waals surface area (Å²) in [6.45, 7) is 2.22. The molecule has 1 aromatic carbocycles. The van der Waals surface area contributed by atoms with Crippen LogP contribution in [0.25, 0.3) is 0 Å². The van der Waals surface area contributed by atoms with Crippen LogP contribution in [0, 0.1) is 6.92 Å². The molecule has 6 heteroatoms. The monoisotopic (exact) mass is 283 g/mol. The smallest absolute Gasteiger partial charge is 0.240 e. The lowest BCUT2D eigenvalue weighted by Crippen LogP contribution is -2.23. The van der Waals surface area contributed by atoms with Gasteiger partial charge in [0.25, 0.3) is 0 Å². The second kappa shape index (κ2) is 5.09. The molecule has 0 aliphatic carbocycles. The van der Waals surface area contributed by atoms with E-state index in [0.29, 0.717) is 0 Å². The average molecular weight is 283 g/mol. The summed E-state index contributed by atoms with van der Waals surface area (Å²) in [5.41, 5.74) is 2.05. The maximum absolute atomic E-state index is 12.0. The molecule has 0 radical (unpaired) electrons. The van der Waals surface area contributed by atoms with Crippen LogP contribution in [0.2, 0.25) is 0 Å². The second-order valence-electron chi connectivity index (χ2n) is 3.90. The number of sulfonamides is 1. The Balaban J connectivity index is 2.13. The van der Waals surface area contributed by atoms with Crippen molar-refractivity contribution in [2.45, 2.75) is 18.4 Å². The first-order chi connectivity index (χ1) is 8.49. The van der Waals surface area contributed by atoms with E-state index in [4.69, 9.17) is 5.11 Å². The van der Waals surface area contributed by atoms with Crippen LogP contribution >= 0.6 is 11.3 Å². The molecule has 96 valence electrons. The van der Waals surface area contributed by atoms with Crippen LogP contribution in [-0.2, 0) is 16.6 Å². The van der Waals surface area contributed by atoms with E-state index < -0.39 is 10.0 Å². The number of phenolic OH excluding ortho intramolecular Hbond substituents is 1. The zero-order valence-electron chi connectivity index (χ0n) is 9.75. The average Bonchev–Trinajstić information content (AvgIpc) is 2.73. The SMILES string of the molecule is Cc1cscc1CNS(=O)(=O)c1ccc(O)cc1. The first kappa shape index (κ1) is 13.1. The zero-order valence-corrected chi connectivity index (χ0v) is 11.4. The molecule has 1 aromatic heterocycles. The van der Waals surface area contributed by atoms with Crippen molar-refractivity contribution in [1.29, 1.82) is 0 Å². The molecular weight excluding hydrogens is 270 g/mol. The summed E-state index contributed by atoms with van der Waals surface area (Å²) in [4.78, 5) is 0.146. The predicted octanol–water partition coefficient (Wildman–Crippen LogP) is 2.24. The standard InChI is InChI=1S/C12H13NO3S2/c1-9-7-17-8-10(9)6-13-18(15,16)12-4-2-11(14)3-5-12/h2-5,7-8,13-14H,6H2,1H3. The molecule has 0 saturated carbocycles. The number of rotatable bonds is 4. The molecule has 0 saturated heterocycles. The number of aryl methyl sites for hydroxylation is 1. The maximum Gasteiger partial charge on any atom is 0.240 e. The number of aromatic hydroxyl groups is 1. The molecule has 4 nitrogen and oxygen atoms in total. The molecule has 0 fully saturated rings. The van der Waals surface area contributed by atoms with E-state index in [-0.39, 0.29) is 17.2 Å². The Kier molecular flexibility index (Phi) is 3.70. The Labute approximate surface area is 110 Å². The highest BCUT2D eigenvalue weighted by Crippen LogP contribution is 2.16. The molecule has 0 aliphatic rings. The van der Waals surface area contributed by atoms with Gasteiger partial charge in [-0.15, -0.1) is 0 Å². The van der Waals surface area contributed by atoms with E-state index in [1.165, 1.54) is 24.3 Å². The summed E-state index contributed by atoms with van der Waals surface area (Å²) in [5, 5.41) is 13.0. The van der Waals surface area contributed by atoms with Gasteiger partial charge in [-0.05, 0) is 53.1 Å². The highest BCUT2D eigenvalue weighted by atomic mass is 32.2. The van der Waals surface area contributed by atoms with Crippen molar-refractivity contribution in [2.75, 3.05) is 0 Å².